The summed E-state index contributed by atoms with van der Waals surface area (Å²) in [6.07, 6.45) is 6.21. The molecule has 1 amide bonds. The number of carbonyl (C=O) groups excluding carboxylic acids is 2. The fourth-order valence-electron chi connectivity index (χ4n) is 3.13. The van der Waals surface area contributed by atoms with Crippen LogP contribution in [0.1, 0.15) is 27.5 Å². The molecule has 0 saturated heterocycles. The molecule has 1 heterocycles. The number of ether oxygens (including phenoxy) is 3. The van der Waals surface area contributed by atoms with Crippen LogP contribution >= 0.6 is 0 Å². The number of nitrogens with one attached hydrogen (secondary N) is 1. The van der Waals surface area contributed by atoms with Crippen LogP contribution in [0.2, 0.25) is 0 Å². The number of methoxy groups -OCH3 is 3. The molecule has 1 atom stereocenters. The summed E-state index contributed by atoms with van der Waals surface area (Å²) in [4.78, 5) is 28.9. The fraction of sp³-hybridized carbons (Fsp3) is 0.160. The van der Waals surface area contributed by atoms with Crippen molar-refractivity contribution >= 4 is 23.5 Å². The van der Waals surface area contributed by atoms with Crippen LogP contribution in [0, 0.1) is 0 Å². The summed E-state index contributed by atoms with van der Waals surface area (Å²) in [5, 5.41) is 2.75. The number of rotatable bonds is 9. The molecule has 1 unspecified atom stereocenters. The molecule has 0 aliphatic rings. The average molecular weight is 447 g/mol. The van der Waals surface area contributed by atoms with Gasteiger partial charge in [0.2, 0.25) is 5.75 Å². The first kappa shape index (κ1) is 23.5. The van der Waals surface area contributed by atoms with Crippen LogP contribution in [0.4, 0.5) is 5.69 Å². The maximum atomic E-state index is 12.6. The van der Waals surface area contributed by atoms with Gasteiger partial charge in [0, 0.05) is 11.8 Å². The molecule has 170 valence electrons. The lowest BCUT2D eigenvalue weighted by Crippen LogP contribution is -2.20. The normalized spacial score (nSPS) is 11.6. The Balaban J connectivity index is 1.70. The van der Waals surface area contributed by atoms with Crippen molar-refractivity contribution in [1.82, 2.24) is 4.98 Å². The number of aromatic nitrogens is 1. The number of nitrogens with zero attached hydrogens (tertiary/aromatic N) is 1. The van der Waals surface area contributed by atoms with Crippen LogP contribution in [-0.4, -0.2) is 38.0 Å². The number of carbonyl (C=O) groups is 2. The first-order chi connectivity index (χ1) is 16.0. The third kappa shape index (κ3) is 5.75. The zero-order valence-electron chi connectivity index (χ0n) is 18.6. The van der Waals surface area contributed by atoms with E-state index in [-0.39, 0.29) is 11.7 Å². The Morgan fingerprint density at radius 1 is 1.00 bits per heavy atom. The van der Waals surface area contributed by atoms with E-state index in [9.17, 15) is 9.59 Å². The zero-order valence-corrected chi connectivity index (χ0v) is 18.6. The largest absolute Gasteiger partial charge is 0.493 e. The number of nitrogens with two attached hydrogens (primary N) is 1. The highest BCUT2D eigenvalue weighted by molar-refractivity contribution is 6.04. The summed E-state index contributed by atoms with van der Waals surface area (Å²) in [5.41, 5.74) is 8.44. The molecule has 0 aliphatic carbocycles. The fourth-order valence-corrected chi connectivity index (χ4v) is 3.13. The maximum absolute atomic E-state index is 12.6. The number of ketones is 1. The van der Waals surface area contributed by atoms with E-state index in [1.165, 1.54) is 27.4 Å². The third-order valence-corrected chi connectivity index (χ3v) is 4.89. The first-order valence-corrected chi connectivity index (χ1v) is 10.1. The van der Waals surface area contributed by atoms with Crippen molar-refractivity contribution in [2.75, 3.05) is 26.6 Å². The van der Waals surface area contributed by atoms with Gasteiger partial charge < -0.3 is 25.3 Å². The van der Waals surface area contributed by atoms with Crippen molar-refractivity contribution < 1.29 is 23.8 Å². The predicted molar refractivity (Wildman–Crippen MR) is 126 cm³/mol. The van der Waals surface area contributed by atoms with Crippen LogP contribution < -0.4 is 25.3 Å². The van der Waals surface area contributed by atoms with E-state index >= 15 is 0 Å². The lowest BCUT2D eigenvalue weighted by molar-refractivity contribution is -0.115. The van der Waals surface area contributed by atoms with Gasteiger partial charge >= 0.3 is 0 Å². The summed E-state index contributed by atoms with van der Waals surface area (Å²) in [7, 11) is 4.56. The van der Waals surface area contributed by atoms with Gasteiger partial charge in [-0.3, -0.25) is 14.6 Å². The van der Waals surface area contributed by atoms with Crippen LogP contribution in [0.15, 0.2) is 67.0 Å². The summed E-state index contributed by atoms with van der Waals surface area (Å²) in [6, 6.07) is 12.6. The maximum Gasteiger partial charge on any atom is 0.255 e. The minimum atomic E-state index is -0.876. The van der Waals surface area contributed by atoms with Gasteiger partial charge in [-0.05, 0) is 53.6 Å². The molecule has 33 heavy (non-hydrogen) atoms. The van der Waals surface area contributed by atoms with Crippen molar-refractivity contribution in [1.29, 1.82) is 0 Å². The molecule has 2 aromatic carbocycles. The Labute approximate surface area is 192 Å². The van der Waals surface area contributed by atoms with Gasteiger partial charge in [-0.25, -0.2) is 0 Å². The minimum absolute atomic E-state index is 0.281. The number of hydrogen-bond donors (Lipinski definition) is 2. The Kier molecular flexibility index (Phi) is 7.77. The summed E-state index contributed by atoms with van der Waals surface area (Å²) in [6.45, 7) is 0. The van der Waals surface area contributed by atoms with Crippen molar-refractivity contribution in [3.8, 4) is 17.2 Å². The molecule has 3 rings (SSSR count). The zero-order chi connectivity index (χ0) is 23.8. The lowest BCUT2D eigenvalue weighted by Gasteiger charge is -2.13. The van der Waals surface area contributed by atoms with Crippen LogP contribution in [-0.2, 0) is 4.79 Å². The van der Waals surface area contributed by atoms with Crippen molar-refractivity contribution in [3.05, 3.63) is 83.7 Å². The number of benzene rings is 2. The molecular weight excluding hydrogens is 422 g/mol. The van der Waals surface area contributed by atoms with Gasteiger partial charge in [0.05, 0.1) is 39.3 Å². The Morgan fingerprint density at radius 2 is 1.67 bits per heavy atom. The lowest BCUT2D eigenvalue weighted by atomic mass is 10.0. The van der Waals surface area contributed by atoms with Crippen LogP contribution in [0.25, 0.3) is 6.08 Å². The van der Waals surface area contributed by atoms with E-state index in [4.69, 9.17) is 19.9 Å². The standard InChI is InChI=1S/C25H25N3O5/c1-31-21-13-16(14-22(32-2)24(21)33-3)6-11-20(29)23(26)17-7-9-18(10-8-17)25(30)28-19-5-4-12-27-15-19/h4-15,23H,26H2,1-3H3,(H,28,30). The van der Waals surface area contributed by atoms with Crippen LogP contribution in [0.3, 0.4) is 0 Å². The second-order valence-electron chi connectivity index (χ2n) is 6.99. The van der Waals surface area contributed by atoms with Gasteiger partial charge in [-0.15, -0.1) is 0 Å². The predicted octanol–water partition coefficient (Wildman–Crippen LogP) is 3.64. The van der Waals surface area contributed by atoms with Gasteiger partial charge in [-0.1, -0.05) is 18.2 Å². The number of anilines is 1. The van der Waals surface area contributed by atoms with Crippen molar-refractivity contribution in [2.24, 2.45) is 5.73 Å². The van der Waals surface area contributed by atoms with E-state index in [1.807, 2.05) is 0 Å². The molecule has 0 fully saturated rings. The first-order valence-electron chi connectivity index (χ1n) is 10.1. The minimum Gasteiger partial charge on any atom is -0.493 e. The molecule has 0 saturated carbocycles. The van der Waals surface area contributed by atoms with Crippen LogP contribution in [0.5, 0.6) is 17.2 Å². The van der Waals surface area contributed by atoms with E-state index in [1.54, 1.807) is 67.0 Å². The molecule has 8 heteroatoms. The average Bonchev–Trinajstić information content (AvgIpc) is 2.86. The molecule has 3 N–H and O–H groups in total. The van der Waals surface area contributed by atoms with Gasteiger partial charge in [0.25, 0.3) is 5.91 Å². The van der Waals surface area contributed by atoms with Crippen molar-refractivity contribution in [3.63, 3.8) is 0 Å². The molecule has 0 spiro atoms. The van der Waals surface area contributed by atoms with E-state index in [2.05, 4.69) is 10.3 Å². The number of pyridine rings is 1. The molecule has 8 nitrogen and oxygen atoms in total. The Morgan fingerprint density at radius 3 is 2.21 bits per heavy atom. The molecule has 0 radical (unpaired) electrons. The highest BCUT2D eigenvalue weighted by Crippen LogP contribution is 2.38. The monoisotopic (exact) mass is 447 g/mol. The smallest absolute Gasteiger partial charge is 0.255 e. The molecule has 0 bridgehead atoms. The Bertz CT molecular complexity index is 1120. The van der Waals surface area contributed by atoms with Gasteiger partial charge in [0.15, 0.2) is 17.3 Å². The highest BCUT2D eigenvalue weighted by Gasteiger charge is 2.16. The van der Waals surface area contributed by atoms with E-state index in [0.717, 1.165) is 0 Å². The van der Waals surface area contributed by atoms with Gasteiger partial charge in [0.1, 0.15) is 0 Å². The van der Waals surface area contributed by atoms with E-state index < -0.39 is 6.04 Å². The molecule has 3 aromatic rings. The SMILES string of the molecule is COc1cc(C=CC(=O)C(N)c2ccc(C(=O)Nc3cccnc3)cc2)cc(OC)c1OC. The second-order valence-corrected chi connectivity index (χ2v) is 6.99. The van der Waals surface area contributed by atoms with E-state index in [0.29, 0.717) is 39.6 Å². The van der Waals surface area contributed by atoms with Crippen molar-refractivity contribution in [2.45, 2.75) is 6.04 Å². The van der Waals surface area contributed by atoms with Gasteiger partial charge in [-0.2, -0.15) is 0 Å². The number of hydrogen-bond acceptors (Lipinski definition) is 7. The summed E-state index contributed by atoms with van der Waals surface area (Å²) in [5.74, 6) is 0.850. The highest BCUT2D eigenvalue weighted by atomic mass is 16.5. The molecular formula is C25H25N3O5. The third-order valence-electron chi connectivity index (χ3n) is 4.89. The topological polar surface area (TPSA) is 113 Å². The second kappa shape index (κ2) is 10.9. The molecule has 0 aliphatic heterocycles. The Hall–Kier alpha value is -4.17. The summed E-state index contributed by atoms with van der Waals surface area (Å²) < 4.78 is 16.0. The quantitative estimate of drug-likeness (QED) is 0.482. The summed E-state index contributed by atoms with van der Waals surface area (Å²) >= 11 is 0. The molecule has 1 aromatic heterocycles. The number of amides is 1.